The van der Waals surface area contributed by atoms with E-state index in [0.29, 0.717) is 30.5 Å². The second-order valence-electron chi connectivity index (χ2n) is 3.62. The fraction of sp³-hybridized carbons (Fsp3) is 0.300. The Kier molecular flexibility index (Phi) is 2.10. The topological polar surface area (TPSA) is 80.8 Å². The van der Waals surface area contributed by atoms with E-state index in [-0.39, 0.29) is 12.5 Å². The number of rotatable bonds is 1. The number of amides is 2. The Labute approximate surface area is 96.3 Å². The summed E-state index contributed by atoms with van der Waals surface area (Å²) in [5.41, 5.74) is 0. The van der Waals surface area contributed by atoms with Gasteiger partial charge in [0.2, 0.25) is 0 Å². The van der Waals surface area contributed by atoms with E-state index in [1.54, 1.807) is 12.1 Å². The normalized spacial score (nSPS) is 18.2. The summed E-state index contributed by atoms with van der Waals surface area (Å²) in [4.78, 5) is 28.1. The molecule has 88 valence electrons. The molecule has 2 aliphatic heterocycles. The van der Waals surface area contributed by atoms with Crippen molar-refractivity contribution in [2.45, 2.75) is 0 Å². The summed E-state index contributed by atoms with van der Waals surface area (Å²) in [6, 6.07) is 3.32. The molecule has 1 aromatic heterocycles. The van der Waals surface area contributed by atoms with Gasteiger partial charge in [0.25, 0.3) is 5.91 Å². The number of anilines is 2. The number of nitrogens with one attached hydrogen (secondary N) is 1. The maximum absolute atomic E-state index is 11.4. The van der Waals surface area contributed by atoms with Gasteiger partial charge in [0.05, 0.1) is 6.54 Å². The molecule has 1 aromatic rings. The first-order valence-corrected chi connectivity index (χ1v) is 5.12. The number of nitrogens with zero attached hydrogens (tertiary/aromatic N) is 2. The predicted octanol–water partition coefficient (Wildman–Crippen LogP) is 0.369. The Bertz CT molecular complexity index is 502. The van der Waals surface area contributed by atoms with Crippen LogP contribution in [-0.2, 0) is 9.53 Å². The molecule has 3 heterocycles. The first-order valence-electron chi connectivity index (χ1n) is 5.12. The van der Waals surface area contributed by atoms with Gasteiger partial charge in [-0.05, 0) is 12.1 Å². The van der Waals surface area contributed by atoms with Crippen molar-refractivity contribution >= 4 is 23.6 Å². The molecule has 0 atom stereocenters. The molecule has 7 heteroatoms. The van der Waals surface area contributed by atoms with Crippen molar-refractivity contribution in [3.05, 3.63) is 12.1 Å². The Morgan fingerprint density at radius 1 is 1.29 bits per heavy atom. The van der Waals surface area contributed by atoms with Crippen molar-refractivity contribution in [3.8, 4) is 5.75 Å². The van der Waals surface area contributed by atoms with E-state index in [2.05, 4.69) is 10.3 Å². The van der Waals surface area contributed by atoms with Crippen LogP contribution in [0.15, 0.2) is 12.1 Å². The molecule has 2 aliphatic rings. The highest BCUT2D eigenvalue weighted by Gasteiger charge is 2.26. The first-order chi connectivity index (χ1) is 8.24. The van der Waals surface area contributed by atoms with E-state index in [0.717, 1.165) is 0 Å². The van der Waals surface area contributed by atoms with Gasteiger partial charge in [-0.1, -0.05) is 0 Å². The van der Waals surface area contributed by atoms with Crippen molar-refractivity contribution in [2.75, 3.05) is 30.0 Å². The number of fused-ring (bicyclic) bond motifs is 1. The lowest BCUT2D eigenvalue weighted by molar-refractivity contribution is -0.118. The molecule has 3 rings (SSSR count). The highest BCUT2D eigenvalue weighted by molar-refractivity contribution is 5.95. The molecule has 0 bridgehead atoms. The number of pyridine rings is 1. The molecule has 1 N–H and O–H groups in total. The zero-order valence-electron chi connectivity index (χ0n) is 8.80. The number of hydrogen-bond donors (Lipinski definition) is 1. The Morgan fingerprint density at radius 3 is 2.94 bits per heavy atom. The van der Waals surface area contributed by atoms with Gasteiger partial charge >= 0.3 is 6.09 Å². The lowest BCUT2D eigenvalue weighted by Crippen LogP contribution is -2.28. The molecular formula is C10H9N3O4. The van der Waals surface area contributed by atoms with Crippen LogP contribution in [0.25, 0.3) is 0 Å². The van der Waals surface area contributed by atoms with E-state index in [1.165, 1.54) is 4.90 Å². The monoisotopic (exact) mass is 235 g/mol. The van der Waals surface area contributed by atoms with E-state index >= 15 is 0 Å². The van der Waals surface area contributed by atoms with Crippen LogP contribution in [0.1, 0.15) is 0 Å². The molecule has 1 fully saturated rings. The van der Waals surface area contributed by atoms with Crippen LogP contribution in [0, 0.1) is 0 Å². The lowest BCUT2D eigenvalue weighted by Gasteiger charge is -2.19. The first kappa shape index (κ1) is 9.88. The van der Waals surface area contributed by atoms with E-state index < -0.39 is 6.09 Å². The zero-order chi connectivity index (χ0) is 11.8. The molecule has 17 heavy (non-hydrogen) atoms. The Hall–Kier alpha value is -2.31. The van der Waals surface area contributed by atoms with Crippen LogP contribution in [0.3, 0.4) is 0 Å². The van der Waals surface area contributed by atoms with Gasteiger partial charge in [-0.3, -0.25) is 9.69 Å². The lowest BCUT2D eigenvalue weighted by atomic mass is 10.3. The van der Waals surface area contributed by atoms with Gasteiger partial charge in [-0.2, -0.15) is 0 Å². The molecule has 0 radical (unpaired) electrons. The standard InChI is InChI=1S/C10H9N3O4/c14-8-5-17-6-1-2-7(11-9(6)12-8)13-3-4-16-10(13)15/h1-2H,3-5H2,(H,11,12,14). The summed E-state index contributed by atoms with van der Waals surface area (Å²) in [6.45, 7) is 0.791. The number of aromatic nitrogens is 1. The average Bonchev–Trinajstić information content (AvgIpc) is 2.74. The third-order valence-electron chi connectivity index (χ3n) is 2.50. The predicted molar refractivity (Wildman–Crippen MR) is 57.1 cm³/mol. The van der Waals surface area contributed by atoms with Gasteiger partial charge in [-0.25, -0.2) is 9.78 Å². The minimum Gasteiger partial charge on any atom is -0.480 e. The number of hydrogen-bond acceptors (Lipinski definition) is 5. The smallest absolute Gasteiger partial charge is 0.415 e. The highest BCUT2D eigenvalue weighted by atomic mass is 16.6. The number of carbonyl (C=O) groups is 2. The molecule has 1 saturated heterocycles. The minimum atomic E-state index is -0.430. The summed E-state index contributed by atoms with van der Waals surface area (Å²) in [5, 5.41) is 2.58. The second kappa shape index (κ2) is 3.62. The van der Waals surface area contributed by atoms with Crippen molar-refractivity contribution in [3.63, 3.8) is 0 Å². The maximum Gasteiger partial charge on any atom is 0.415 e. The quantitative estimate of drug-likeness (QED) is 0.760. The SMILES string of the molecule is O=C1COc2ccc(N3CCOC3=O)nc2N1. The van der Waals surface area contributed by atoms with Crippen LogP contribution >= 0.6 is 0 Å². The van der Waals surface area contributed by atoms with Crippen molar-refractivity contribution in [1.29, 1.82) is 0 Å². The fourth-order valence-electron chi connectivity index (χ4n) is 1.71. The van der Waals surface area contributed by atoms with Crippen LogP contribution in [-0.4, -0.2) is 36.7 Å². The minimum absolute atomic E-state index is 0.0141. The molecule has 2 amide bonds. The molecular weight excluding hydrogens is 226 g/mol. The molecule has 0 aromatic carbocycles. The van der Waals surface area contributed by atoms with Crippen LogP contribution < -0.4 is 15.0 Å². The number of ether oxygens (including phenoxy) is 2. The summed E-state index contributed by atoms with van der Waals surface area (Å²) >= 11 is 0. The van der Waals surface area contributed by atoms with Crippen molar-refractivity contribution in [1.82, 2.24) is 4.98 Å². The molecule has 0 unspecified atom stereocenters. The molecule has 7 nitrogen and oxygen atoms in total. The molecule has 0 aliphatic carbocycles. The van der Waals surface area contributed by atoms with Crippen LogP contribution in [0.4, 0.5) is 16.4 Å². The Morgan fingerprint density at radius 2 is 2.18 bits per heavy atom. The molecule has 0 saturated carbocycles. The largest absolute Gasteiger partial charge is 0.480 e. The van der Waals surface area contributed by atoms with Crippen molar-refractivity contribution in [2.24, 2.45) is 0 Å². The van der Waals surface area contributed by atoms with Gasteiger partial charge in [-0.15, -0.1) is 0 Å². The molecule has 0 spiro atoms. The summed E-state index contributed by atoms with van der Waals surface area (Å²) in [6.07, 6.45) is -0.430. The number of cyclic esters (lactones) is 1. The van der Waals surface area contributed by atoms with E-state index in [9.17, 15) is 9.59 Å². The van der Waals surface area contributed by atoms with Crippen molar-refractivity contribution < 1.29 is 19.1 Å². The third kappa shape index (κ3) is 1.65. The summed E-state index contributed by atoms with van der Waals surface area (Å²) in [7, 11) is 0. The van der Waals surface area contributed by atoms with Gasteiger partial charge in [0.15, 0.2) is 18.2 Å². The van der Waals surface area contributed by atoms with E-state index in [4.69, 9.17) is 9.47 Å². The van der Waals surface area contributed by atoms with Gasteiger partial charge in [0.1, 0.15) is 12.4 Å². The summed E-state index contributed by atoms with van der Waals surface area (Å²) in [5.74, 6) is 1.02. The van der Waals surface area contributed by atoms with Crippen LogP contribution in [0.5, 0.6) is 5.75 Å². The van der Waals surface area contributed by atoms with Crippen LogP contribution in [0.2, 0.25) is 0 Å². The average molecular weight is 235 g/mol. The zero-order valence-corrected chi connectivity index (χ0v) is 8.80. The van der Waals surface area contributed by atoms with Gasteiger partial charge in [0, 0.05) is 0 Å². The fourth-order valence-corrected chi connectivity index (χ4v) is 1.71. The highest BCUT2D eigenvalue weighted by Crippen LogP contribution is 2.29. The van der Waals surface area contributed by atoms with Gasteiger partial charge < -0.3 is 14.8 Å². The summed E-state index contributed by atoms with van der Waals surface area (Å²) < 4.78 is 9.98. The maximum atomic E-state index is 11.4. The third-order valence-corrected chi connectivity index (χ3v) is 2.50. The second-order valence-corrected chi connectivity index (χ2v) is 3.62. The number of carbonyl (C=O) groups excluding carboxylic acids is 2. The van der Waals surface area contributed by atoms with E-state index in [1.807, 2.05) is 0 Å². The Balaban J connectivity index is 1.94.